The van der Waals surface area contributed by atoms with E-state index in [1.165, 1.54) is 6.92 Å². The van der Waals surface area contributed by atoms with E-state index in [2.05, 4.69) is 16.0 Å². The third kappa shape index (κ3) is 8.03. The summed E-state index contributed by atoms with van der Waals surface area (Å²) >= 11 is 0. The summed E-state index contributed by atoms with van der Waals surface area (Å²) in [5, 5.41) is 8.94. The topological polar surface area (TPSA) is 88.7 Å². The van der Waals surface area contributed by atoms with E-state index < -0.39 is 0 Å². The molecule has 0 spiro atoms. The fourth-order valence-electron chi connectivity index (χ4n) is 2.73. The summed E-state index contributed by atoms with van der Waals surface area (Å²) in [5.41, 5.74) is 2.39. The van der Waals surface area contributed by atoms with E-state index in [9.17, 15) is 9.59 Å². The van der Waals surface area contributed by atoms with Gasteiger partial charge in [0.05, 0.1) is 6.61 Å². The predicted octanol–water partition coefficient (Wildman–Crippen LogP) is 3.95. The second-order valence-corrected chi connectivity index (χ2v) is 7.91. The quantitative estimate of drug-likeness (QED) is 0.579. The Labute approximate surface area is 178 Å². The number of nitrogens with one attached hydrogen (secondary N) is 3. The fourth-order valence-corrected chi connectivity index (χ4v) is 2.73. The van der Waals surface area contributed by atoms with E-state index in [0.29, 0.717) is 24.7 Å². The lowest BCUT2D eigenvalue weighted by molar-refractivity contribution is -0.124. The lowest BCUT2D eigenvalue weighted by Crippen LogP contribution is -2.43. The van der Waals surface area contributed by atoms with E-state index in [-0.39, 0.29) is 24.0 Å². The Bertz CT molecular complexity index is 858. The van der Waals surface area contributed by atoms with Gasteiger partial charge in [0.2, 0.25) is 5.91 Å². The average Bonchev–Trinajstić information content (AvgIpc) is 2.65. The molecule has 2 aromatic rings. The van der Waals surface area contributed by atoms with Crippen LogP contribution in [0.15, 0.2) is 42.5 Å². The highest BCUT2D eigenvalue weighted by Gasteiger charge is 2.15. The highest BCUT2D eigenvalue weighted by atomic mass is 16.5. The molecule has 0 bridgehead atoms. The molecule has 3 N–H and O–H groups in total. The lowest BCUT2D eigenvalue weighted by Gasteiger charge is -2.21. The van der Waals surface area contributed by atoms with Crippen molar-refractivity contribution in [1.82, 2.24) is 5.32 Å². The number of rotatable bonds is 9. The third-order valence-corrected chi connectivity index (χ3v) is 3.88. The Morgan fingerprint density at radius 3 is 2.20 bits per heavy atom. The molecule has 2 aromatic carbocycles. The molecule has 0 saturated carbocycles. The molecule has 0 aromatic heterocycles. The van der Waals surface area contributed by atoms with Crippen molar-refractivity contribution in [1.29, 1.82) is 0 Å². The number of benzene rings is 2. The number of carbonyl (C=O) groups is 2. The molecule has 0 heterocycles. The molecule has 0 atom stereocenters. The van der Waals surface area contributed by atoms with Gasteiger partial charge >= 0.3 is 0 Å². The second kappa shape index (κ2) is 10.5. The summed E-state index contributed by atoms with van der Waals surface area (Å²) in [7, 11) is 0. The molecular formula is C23H31N3O4. The van der Waals surface area contributed by atoms with Gasteiger partial charge in [-0.2, -0.15) is 0 Å². The molecule has 2 amide bonds. The van der Waals surface area contributed by atoms with Crippen molar-refractivity contribution < 1.29 is 19.1 Å². The molecule has 2 rings (SSSR count). The van der Waals surface area contributed by atoms with E-state index in [4.69, 9.17) is 9.47 Å². The summed E-state index contributed by atoms with van der Waals surface area (Å²) in [6, 6.07) is 13.1. The van der Waals surface area contributed by atoms with Crippen LogP contribution in [0.2, 0.25) is 0 Å². The SMILES string of the molecule is CCOc1cc(CNc2ccc(NC(C)=O)cc2)ccc1OCC(=O)NC(C)(C)C. The number of amides is 2. The number of ether oxygens (including phenoxy) is 2. The Balaban J connectivity index is 1.98. The van der Waals surface area contributed by atoms with Gasteiger partial charge in [-0.25, -0.2) is 0 Å². The summed E-state index contributed by atoms with van der Waals surface area (Å²) in [4.78, 5) is 23.1. The molecule has 0 aliphatic rings. The molecule has 0 aliphatic heterocycles. The molecule has 7 nitrogen and oxygen atoms in total. The van der Waals surface area contributed by atoms with Gasteiger partial charge < -0.3 is 25.4 Å². The molecule has 30 heavy (non-hydrogen) atoms. The van der Waals surface area contributed by atoms with Gasteiger partial charge in [-0.3, -0.25) is 9.59 Å². The van der Waals surface area contributed by atoms with Crippen LogP contribution in [0.25, 0.3) is 0 Å². The molecule has 162 valence electrons. The fraction of sp³-hybridized carbons (Fsp3) is 0.391. The van der Waals surface area contributed by atoms with Crippen LogP contribution >= 0.6 is 0 Å². The monoisotopic (exact) mass is 413 g/mol. The first-order valence-electron chi connectivity index (χ1n) is 9.97. The van der Waals surface area contributed by atoms with Gasteiger partial charge in [0.15, 0.2) is 18.1 Å². The zero-order chi connectivity index (χ0) is 22.1. The van der Waals surface area contributed by atoms with Gasteiger partial charge in [-0.1, -0.05) is 6.07 Å². The van der Waals surface area contributed by atoms with Crippen LogP contribution in [0.5, 0.6) is 11.5 Å². The van der Waals surface area contributed by atoms with Crippen molar-refractivity contribution in [2.45, 2.75) is 46.7 Å². The maximum atomic E-state index is 12.0. The first-order chi connectivity index (χ1) is 14.2. The molecule has 7 heteroatoms. The van der Waals surface area contributed by atoms with Gasteiger partial charge in [-0.05, 0) is 69.7 Å². The van der Waals surface area contributed by atoms with E-state index in [0.717, 1.165) is 16.9 Å². The Morgan fingerprint density at radius 1 is 0.933 bits per heavy atom. The summed E-state index contributed by atoms with van der Waals surface area (Å²) in [5.74, 6) is 0.849. The van der Waals surface area contributed by atoms with Crippen LogP contribution in [0.4, 0.5) is 11.4 Å². The number of hydrogen-bond donors (Lipinski definition) is 3. The van der Waals surface area contributed by atoms with Crippen molar-refractivity contribution >= 4 is 23.2 Å². The van der Waals surface area contributed by atoms with Crippen molar-refractivity contribution in [3.8, 4) is 11.5 Å². The van der Waals surface area contributed by atoms with Gasteiger partial charge in [0.25, 0.3) is 5.91 Å². The van der Waals surface area contributed by atoms with Crippen LogP contribution in [0.3, 0.4) is 0 Å². The third-order valence-electron chi connectivity index (χ3n) is 3.88. The largest absolute Gasteiger partial charge is 0.490 e. The molecular weight excluding hydrogens is 382 g/mol. The normalized spacial score (nSPS) is 10.8. The standard InChI is InChI=1S/C23H31N3O4/c1-6-29-21-13-17(7-12-20(21)30-15-22(28)26-23(3,4)5)14-24-18-8-10-19(11-9-18)25-16(2)27/h7-13,24H,6,14-15H2,1-5H3,(H,25,27)(H,26,28). The first-order valence-corrected chi connectivity index (χ1v) is 9.97. The Hall–Kier alpha value is -3.22. The van der Waals surface area contributed by atoms with Gasteiger partial charge in [0, 0.05) is 30.4 Å². The smallest absolute Gasteiger partial charge is 0.258 e. The van der Waals surface area contributed by atoms with Crippen molar-refractivity contribution in [3.05, 3.63) is 48.0 Å². The van der Waals surface area contributed by atoms with Crippen LogP contribution in [0.1, 0.15) is 40.2 Å². The lowest BCUT2D eigenvalue weighted by atomic mass is 10.1. The number of anilines is 2. The van der Waals surface area contributed by atoms with E-state index in [1.54, 1.807) is 0 Å². The summed E-state index contributed by atoms with van der Waals surface area (Å²) < 4.78 is 11.4. The van der Waals surface area contributed by atoms with Crippen LogP contribution < -0.4 is 25.4 Å². The molecule has 0 unspecified atom stereocenters. The maximum Gasteiger partial charge on any atom is 0.258 e. The highest BCUT2D eigenvalue weighted by Crippen LogP contribution is 2.29. The van der Waals surface area contributed by atoms with Crippen molar-refractivity contribution in [2.75, 3.05) is 23.8 Å². The molecule has 0 fully saturated rings. The molecule has 0 aliphatic carbocycles. The molecule has 0 saturated heterocycles. The highest BCUT2D eigenvalue weighted by molar-refractivity contribution is 5.88. The zero-order valence-corrected chi connectivity index (χ0v) is 18.3. The number of hydrogen-bond acceptors (Lipinski definition) is 5. The van der Waals surface area contributed by atoms with Crippen molar-refractivity contribution in [2.24, 2.45) is 0 Å². The summed E-state index contributed by atoms with van der Waals surface area (Å²) in [6.45, 7) is 10.2. The average molecular weight is 414 g/mol. The second-order valence-electron chi connectivity index (χ2n) is 7.91. The van der Waals surface area contributed by atoms with E-state index in [1.807, 2.05) is 70.2 Å². The Kier molecular flexibility index (Phi) is 8.09. The van der Waals surface area contributed by atoms with Crippen molar-refractivity contribution in [3.63, 3.8) is 0 Å². The first kappa shape index (κ1) is 23.1. The predicted molar refractivity (Wildman–Crippen MR) is 119 cm³/mol. The minimum atomic E-state index is -0.306. The molecule has 0 radical (unpaired) electrons. The number of carbonyl (C=O) groups excluding carboxylic acids is 2. The summed E-state index contributed by atoms with van der Waals surface area (Å²) in [6.07, 6.45) is 0. The van der Waals surface area contributed by atoms with Crippen LogP contribution in [-0.2, 0) is 16.1 Å². The minimum Gasteiger partial charge on any atom is -0.490 e. The maximum absolute atomic E-state index is 12.0. The Morgan fingerprint density at radius 2 is 1.60 bits per heavy atom. The zero-order valence-electron chi connectivity index (χ0n) is 18.3. The van der Waals surface area contributed by atoms with Crippen LogP contribution in [-0.4, -0.2) is 30.6 Å². The van der Waals surface area contributed by atoms with Gasteiger partial charge in [-0.15, -0.1) is 0 Å². The van der Waals surface area contributed by atoms with Crippen LogP contribution in [0, 0.1) is 0 Å². The van der Waals surface area contributed by atoms with E-state index >= 15 is 0 Å². The minimum absolute atomic E-state index is 0.0738. The van der Waals surface area contributed by atoms with Gasteiger partial charge in [0.1, 0.15) is 0 Å².